The topological polar surface area (TPSA) is 59.0 Å². The van der Waals surface area contributed by atoms with Gasteiger partial charge in [0, 0.05) is 19.0 Å². The average Bonchev–Trinajstić information content (AvgIpc) is 3.14. The highest BCUT2D eigenvalue weighted by Crippen LogP contribution is 2.39. The summed E-state index contributed by atoms with van der Waals surface area (Å²) in [6.45, 7) is 13.1. The van der Waals surface area contributed by atoms with E-state index in [2.05, 4.69) is 69.3 Å². The molecule has 1 fully saturated rings. The third-order valence-electron chi connectivity index (χ3n) is 6.01. The standard InChI is InChI=1S/C26H37NO4Si/c1-25(2,3)30-24(29)27-17-20(19-28)23(18-27)31-32(26(4,5)6,21-13-9-7-10-14-21)22-15-11-8-12-16-22/h7-16,20,23,28H,17-19H2,1-6H3/t20-,23+/m0/s1. The average molecular weight is 456 g/mol. The summed E-state index contributed by atoms with van der Waals surface area (Å²) in [7, 11) is -2.77. The molecule has 0 bridgehead atoms. The van der Waals surface area contributed by atoms with Crippen molar-refractivity contribution >= 4 is 24.8 Å². The second-order valence-electron chi connectivity index (χ2n) is 10.6. The van der Waals surface area contributed by atoms with Gasteiger partial charge in [-0.15, -0.1) is 0 Å². The maximum atomic E-state index is 12.7. The molecule has 2 aromatic rings. The summed E-state index contributed by atoms with van der Waals surface area (Å²) in [5.41, 5.74) is -0.567. The minimum absolute atomic E-state index is 0.0395. The molecule has 0 saturated carbocycles. The number of carbonyl (C=O) groups is 1. The molecule has 174 valence electrons. The third-order valence-corrected chi connectivity index (χ3v) is 11.1. The molecule has 1 heterocycles. The van der Waals surface area contributed by atoms with E-state index in [9.17, 15) is 9.90 Å². The molecule has 0 radical (unpaired) electrons. The molecule has 5 nitrogen and oxygen atoms in total. The van der Waals surface area contributed by atoms with Crippen LogP contribution in [0.2, 0.25) is 5.04 Å². The van der Waals surface area contributed by atoms with Crippen LogP contribution in [0.3, 0.4) is 0 Å². The first-order valence-electron chi connectivity index (χ1n) is 11.4. The van der Waals surface area contributed by atoms with E-state index in [-0.39, 0.29) is 29.8 Å². The summed E-state index contributed by atoms with van der Waals surface area (Å²) in [6.07, 6.45) is -0.636. The van der Waals surface area contributed by atoms with Gasteiger partial charge in [-0.05, 0) is 36.2 Å². The number of rotatable bonds is 5. The Bertz CT molecular complexity index is 850. The fourth-order valence-corrected chi connectivity index (χ4v) is 9.28. The first-order chi connectivity index (χ1) is 15.0. The van der Waals surface area contributed by atoms with Gasteiger partial charge < -0.3 is 19.2 Å². The Hall–Kier alpha value is -2.15. The van der Waals surface area contributed by atoms with Crippen molar-refractivity contribution < 1.29 is 19.1 Å². The Morgan fingerprint density at radius 2 is 1.44 bits per heavy atom. The van der Waals surface area contributed by atoms with Crippen molar-refractivity contribution in [2.75, 3.05) is 19.7 Å². The fraction of sp³-hybridized carbons (Fsp3) is 0.500. The number of ether oxygens (including phenoxy) is 1. The molecule has 3 rings (SSSR count). The van der Waals surface area contributed by atoms with Gasteiger partial charge in [0.25, 0.3) is 8.32 Å². The predicted octanol–water partition coefficient (Wildman–Crippen LogP) is 3.79. The number of amides is 1. The largest absolute Gasteiger partial charge is 0.444 e. The second-order valence-corrected chi connectivity index (χ2v) is 14.9. The van der Waals surface area contributed by atoms with Crippen LogP contribution in [-0.4, -0.2) is 55.8 Å². The SMILES string of the molecule is CC(C)(C)OC(=O)N1C[C@@H](CO)[C@H](O[Si](c2ccccc2)(c2ccccc2)C(C)(C)C)C1. The van der Waals surface area contributed by atoms with Crippen molar-refractivity contribution in [3.8, 4) is 0 Å². The Morgan fingerprint density at radius 1 is 0.938 bits per heavy atom. The maximum absolute atomic E-state index is 12.7. The van der Waals surface area contributed by atoms with Gasteiger partial charge in [-0.25, -0.2) is 4.79 Å². The van der Waals surface area contributed by atoms with E-state index in [0.29, 0.717) is 13.1 Å². The highest BCUT2D eigenvalue weighted by molar-refractivity contribution is 6.99. The zero-order valence-corrected chi connectivity index (χ0v) is 21.2. The Labute approximate surface area is 193 Å². The van der Waals surface area contributed by atoms with Crippen molar-refractivity contribution in [3.05, 3.63) is 60.7 Å². The minimum Gasteiger partial charge on any atom is -0.444 e. The van der Waals surface area contributed by atoms with Crippen molar-refractivity contribution in [1.82, 2.24) is 4.90 Å². The van der Waals surface area contributed by atoms with Crippen LogP contribution in [-0.2, 0) is 9.16 Å². The van der Waals surface area contributed by atoms with Crippen LogP contribution in [0.5, 0.6) is 0 Å². The first kappa shape index (κ1) is 24.5. The van der Waals surface area contributed by atoms with Gasteiger partial charge in [0.15, 0.2) is 0 Å². The van der Waals surface area contributed by atoms with Gasteiger partial charge in [-0.3, -0.25) is 0 Å². The Morgan fingerprint density at radius 3 is 1.84 bits per heavy atom. The van der Waals surface area contributed by atoms with E-state index in [1.165, 1.54) is 10.4 Å². The van der Waals surface area contributed by atoms with Crippen LogP contribution in [0.25, 0.3) is 0 Å². The molecule has 6 heteroatoms. The molecule has 1 amide bonds. The number of hydrogen-bond donors (Lipinski definition) is 1. The quantitative estimate of drug-likeness (QED) is 0.697. The van der Waals surface area contributed by atoms with E-state index in [1.54, 1.807) is 4.90 Å². The summed E-state index contributed by atoms with van der Waals surface area (Å²) in [4.78, 5) is 14.4. The zero-order chi connectivity index (χ0) is 23.6. The maximum Gasteiger partial charge on any atom is 0.410 e. The zero-order valence-electron chi connectivity index (χ0n) is 20.2. The molecule has 2 aromatic carbocycles. The molecule has 1 saturated heterocycles. The molecule has 0 unspecified atom stereocenters. The summed E-state index contributed by atoms with van der Waals surface area (Å²) < 4.78 is 12.8. The molecule has 1 aliphatic heterocycles. The van der Waals surface area contributed by atoms with Gasteiger partial charge in [-0.1, -0.05) is 81.4 Å². The van der Waals surface area contributed by atoms with Gasteiger partial charge >= 0.3 is 6.09 Å². The highest BCUT2D eigenvalue weighted by Gasteiger charge is 2.53. The van der Waals surface area contributed by atoms with E-state index in [4.69, 9.17) is 9.16 Å². The number of aliphatic hydroxyl groups is 1. The van der Waals surface area contributed by atoms with Gasteiger partial charge in [0.2, 0.25) is 0 Å². The van der Waals surface area contributed by atoms with Crippen LogP contribution in [0.4, 0.5) is 4.79 Å². The number of benzene rings is 2. The summed E-state index contributed by atoms with van der Waals surface area (Å²) in [5, 5.41) is 12.4. The lowest BCUT2D eigenvalue weighted by Crippen LogP contribution is -2.68. The normalized spacial score (nSPS) is 19.8. The molecule has 0 spiro atoms. The van der Waals surface area contributed by atoms with Crippen LogP contribution < -0.4 is 10.4 Å². The van der Waals surface area contributed by atoms with Gasteiger partial charge in [-0.2, -0.15) is 0 Å². The molecule has 1 N–H and O–H groups in total. The minimum atomic E-state index is -2.77. The fourth-order valence-electron chi connectivity index (χ4n) is 4.54. The molecule has 2 atom stereocenters. The predicted molar refractivity (Wildman–Crippen MR) is 131 cm³/mol. The lowest BCUT2D eigenvalue weighted by atomic mass is 10.1. The number of hydrogen-bond acceptors (Lipinski definition) is 4. The van der Waals surface area contributed by atoms with Crippen molar-refractivity contribution in [3.63, 3.8) is 0 Å². The number of carbonyl (C=O) groups excluding carboxylic acids is 1. The van der Waals surface area contributed by atoms with E-state index in [0.717, 1.165) is 0 Å². The molecule has 0 aromatic heterocycles. The van der Waals surface area contributed by atoms with Crippen LogP contribution in [0.1, 0.15) is 41.5 Å². The van der Waals surface area contributed by atoms with Crippen molar-refractivity contribution in [2.45, 2.75) is 58.3 Å². The first-order valence-corrected chi connectivity index (χ1v) is 13.3. The van der Waals surface area contributed by atoms with E-state index in [1.807, 2.05) is 32.9 Å². The van der Waals surface area contributed by atoms with Gasteiger partial charge in [0.1, 0.15) is 5.60 Å². The van der Waals surface area contributed by atoms with Crippen LogP contribution >= 0.6 is 0 Å². The number of nitrogens with zero attached hydrogens (tertiary/aromatic N) is 1. The van der Waals surface area contributed by atoms with Crippen LogP contribution in [0.15, 0.2) is 60.7 Å². The van der Waals surface area contributed by atoms with Crippen molar-refractivity contribution in [2.24, 2.45) is 5.92 Å². The molecule has 32 heavy (non-hydrogen) atoms. The Balaban J connectivity index is 2.02. The molecular formula is C26H37NO4Si. The second kappa shape index (κ2) is 9.38. The number of aliphatic hydroxyl groups excluding tert-OH is 1. The summed E-state index contributed by atoms with van der Waals surface area (Å²) in [5.74, 6) is -0.163. The Kier molecular flexibility index (Phi) is 7.17. The van der Waals surface area contributed by atoms with Gasteiger partial charge in [0.05, 0.1) is 12.7 Å². The molecular weight excluding hydrogens is 418 g/mol. The highest BCUT2D eigenvalue weighted by atomic mass is 28.4. The van der Waals surface area contributed by atoms with E-state index < -0.39 is 13.9 Å². The lowest BCUT2D eigenvalue weighted by molar-refractivity contribution is 0.0272. The smallest absolute Gasteiger partial charge is 0.410 e. The summed E-state index contributed by atoms with van der Waals surface area (Å²) in [6, 6.07) is 20.9. The third kappa shape index (κ3) is 5.08. The van der Waals surface area contributed by atoms with Crippen LogP contribution in [0, 0.1) is 5.92 Å². The van der Waals surface area contributed by atoms with E-state index >= 15 is 0 Å². The molecule has 1 aliphatic rings. The monoisotopic (exact) mass is 455 g/mol. The summed E-state index contributed by atoms with van der Waals surface area (Å²) >= 11 is 0. The van der Waals surface area contributed by atoms with Crippen molar-refractivity contribution in [1.29, 1.82) is 0 Å². The number of likely N-dealkylation sites (tertiary alicyclic amines) is 1. The lowest BCUT2D eigenvalue weighted by Gasteiger charge is -2.45. The molecule has 0 aliphatic carbocycles.